The third-order valence-electron chi connectivity index (χ3n) is 6.55. The molecule has 7 heteroatoms. The van der Waals surface area contributed by atoms with Crippen LogP contribution in [0.4, 0.5) is 4.39 Å². The van der Waals surface area contributed by atoms with Crippen molar-refractivity contribution in [2.45, 2.75) is 59.2 Å². The largest absolute Gasteiger partial charge is 0.481 e. The molecule has 2 heterocycles. The molecule has 194 valence electrons. The predicted octanol–water partition coefficient (Wildman–Crippen LogP) is 5.21. The number of nitrogens with zero attached hydrogens (tertiary/aromatic N) is 2. The van der Waals surface area contributed by atoms with Crippen molar-refractivity contribution in [3.05, 3.63) is 95.1 Å². The van der Waals surface area contributed by atoms with Crippen LogP contribution in [0.5, 0.6) is 5.75 Å². The second-order valence-corrected chi connectivity index (χ2v) is 10.4. The molecular weight excluding hydrogens is 469 g/mol. The molecule has 3 aromatic rings. The molecule has 1 aliphatic heterocycles. The van der Waals surface area contributed by atoms with E-state index in [2.05, 4.69) is 10.3 Å². The lowest BCUT2D eigenvalue weighted by molar-refractivity contribution is -0.141. The second-order valence-electron chi connectivity index (χ2n) is 10.4. The quantitative estimate of drug-likeness (QED) is 0.480. The minimum atomic E-state index is -0.679. The molecule has 4 rings (SSSR count). The summed E-state index contributed by atoms with van der Waals surface area (Å²) >= 11 is 0. The lowest BCUT2D eigenvalue weighted by Gasteiger charge is -2.41. The Bertz CT molecular complexity index is 1240. The van der Waals surface area contributed by atoms with Gasteiger partial charge in [-0.3, -0.25) is 14.6 Å². The molecule has 2 atom stereocenters. The third-order valence-corrected chi connectivity index (χ3v) is 6.55. The number of rotatable bonds is 7. The molecule has 0 spiro atoms. The van der Waals surface area contributed by atoms with Gasteiger partial charge in [0.2, 0.25) is 5.91 Å². The first-order valence-corrected chi connectivity index (χ1v) is 12.7. The molecule has 6 nitrogen and oxygen atoms in total. The van der Waals surface area contributed by atoms with E-state index in [9.17, 15) is 14.0 Å². The highest BCUT2D eigenvalue weighted by Gasteiger charge is 2.37. The molecule has 2 amide bonds. The number of aromatic nitrogens is 1. The van der Waals surface area contributed by atoms with Crippen molar-refractivity contribution >= 4 is 11.8 Å². The van der Waals surface area contributed by atoms with Crippen molar-refractivity contribution in [1.82, 2.24) is 15.2 Å². The minimum absolute atomic E-state index is 0.0270. The lowest BCUT2D eigenvalue weighted by atomic mass is 9.85. The Hall–Kier alpha value is -3.74. The lowest BCUT2D eigenvalue weighted by Crippen LogP contribution is -2.45. The average molecular weight is 504 g/mol. The Balaban J connectivity index is 1.61. The monoisotopic (exact) mass is 503 g/mol. The maximum Gasteiger partial charge on any atom is 0.261 e. The Morgan fingerprint density at radius 2 is 1.89 bits per heavy atom. The zero-order valence-corrected chi connectivity index (χ0v) is 21.8. The first-order chi connectivity index (χ1) is 17.7. The molecule has 1 aliphatic rings. The predicted molar refractivity (Wildman–Crippen MR) is 140 cm³/mol. The minimum Gasteiger partial charge on any atom is -0.481 e. The van der Waals surface area contributed by atoms with Gasteiger partial charge in [0.05, 0.1) is 18.3 Å². The Labute approximate surface area is 217 Å². The number of carbonyl (C=O) groups excluding carboxylic acids is 2. The number of ether oxygens (including phenoxy) is 1. The highest BCUT2D eigenvalue weighted by molar-refractivity contribution is 5.83. The maximum atomic E-state index is 13.7. The number of fused-ring (bicyclic) bond motifs is 1. The zero-order chi connectivity index (χ0) is 26.6. The zero-order valence-electron chi connectivity index (χ0n) is 21.8. The normalized spacial score (nSPS) is 16.0. The van der Waals surface area contributed by atoms with Gasteiger partial charge in [-0.2, -0.15) is 0 Å². The summed E-state index contributed by atoms with van der Waals surface area (Å²) in [6.07, 6.45) is 2.20. The van der Waals surface area contributed by atoms with Crippen LogP contribution in [0.2, 0.25) is 0 Å². The summed E-state index contributed by atoms with van der Waals surface area (Å²) < 4.78 is 19.9. The summed E-state index contributed by atoms with van der Waals surface area (Å²) in [5, 5.41) is 2.90. The van der Waals surface area contributed by atoms with Crippen LogP contribution in [0.15, 0.2) is 66.9 Å². The Morgan fingerprint density at radius 1 is 1.14 bits per heavy atom. The van der Waals surface area contributed by atoms with E-state index in [4.69, 9.17) is 4.74 Å². The van der Waals surface area contributed by atoms with Crippen LogP contribution in [0.25, 0.3) is 0 Å². The van der Waals surface area contributed by atoms with Gasteiger partial charge < -0.3 is 15.0 Å². The highest BCUT2D eigenvalue weighted by atomic mass is 19.1. The van der Waals surface area contributed by atoms with Crippen LogP contribution in [0, 0.1) is 11.2 Å². The molecule has 1 N–H and O–H groups in total. The molecule has 37 heavy (non-hydrogen) atoms. The van der Waals surface area contributed by atoms with Gasteiger partial charge in [0.15, 0.2) is 6.10 Å². The van der Waals surface area contributed by atoms with E-state index in [1.54, 1.807) is 18.3 Å². The summed E-state index contributed by atoms with van der Waals surface area (Å²) in [6, 6.07) is 17.3. The summed E-state index contributed by atoms with van der Waals surface area (Å²) in [6.45, 7) is 8.50. The number of pyridine rings is 1. The van der Waals surface area contributed by atoms with Gasteiger partial charge in [0, 0.05) is 18.2 Å². The Morgan fingerprint density at radius 3 is 2.54 bits per heavy atom. The van der Waals surface area contributed by atoms with Gasteiger partial charge in [0.1, 0.15) is 11.6 Å². The molecule has 0 saturated carbocycles. The summed E-state index contributed by atoms with van der Waals surface area (Å²) in [4.78, 5) is 32.4. The second kappa shape index (κ2) is 11.1. The standard InChI is InChI=1S/C30H34FN3O3/c1-5-26(28(35)33-19-23-8-6-7-16-32-23)37-24-14-11-20-15-17-34(29(36)30(2,3)4)27(25(20)18-24)21-9-12-22(31)13-10-21/h6-14,16,18,26-27H,5,15,17,19H2,1-4H3,(H,33,35). The van der Waals surface area contributed by atoms with Gasteiger partial charge in [-0.05, 0) is 65.9 Å². The van der Waals surface area contributed by atoms with Gasteiger partial charge in [0.25, 0.3) is 5.91 Å². The van der Waals surface area contributed by atoms with Gasteiger partial charge in [-0.25, -0.2) is 4.39 Å². The van der Waals surface area contributed by atoms with E-state index in [1.165, 1.54) is 12.1 Å². The van der Waals surface area contributed by atoms with Crippen molar-refractivity contribution in [2.75, 3.05) is 6.54 Å². The number of carbonyl (C=O) groups is 2. The molecule has 2 aromatic carbocycles. The topological polar surface area (TPSA) is 71.5 Å². The van der Waals surface area contributed by atoms with E-state index in [1.807, 2.05) is 69.0 Å². The van der Waals surface area contributed by atoms with Crippen LogP contribution in [-0.4, -0.2) is 34.3 Å². The summed E-state index contributed by atoms with van der Waals surface area (Å²) in [5.41, 5.74) is 3.06. The molecule has 0 aliphatic carbocycles. The van der Waals surface area contributed by atoms with Gasteiger partial charge >= 0.3 is 0 Å². The number of amides is 2. The third kappa shape index (κ3) is 6.16. The van der Waals surface area contributed by atoms with Crippen LogP contribution >= 0.6 is 0 Å². The SMILES string of the molecule is CCC(Oc1ccc2c(c1)C(c1ccc(F)cc1)N(C(=O)C(C)(C)C)CC2)C(=O)NCc1ccccn1. The fraction of sp³-hybridized carbons (Fsp3) is 0.367. The van der Waals surface area contributed by atoms with Crippen LogP contribution in [0.3, 0.4) is 0 Å². The fourth-order valence-corrected chi connectivity index (χ4v) is 4.60. The summed E-state index contributed by atoms with van der Waals surface area (Å²) in [7, 11) is 0. The van der Waals surface area contributed by atoms with Crippen LogP contribution in [0.1, 0.15) is 62.5 Å². The average Bonchev–Trinajstić information content (AvgIpc) is 2.89. The number of hydrogen-bond donors (Lipinski definition) is 1. The van der Waals surface area contributed by atoms with Gasteiger partial charge in [-0.1, -0.05) is 52.0 Å². The number of halogens is 1. The molecule has 0 fully saturated rings. The molecule has 2 unspecified atom stereocenters. The van der Waals surface area contributed by atoms with E-state index in [0.717, 1.165) is 22.4 Å². The molecule has 0 radical (unpaired) electrons. The molecule has 0 bridgehead atoms. The van der Waals surface area contributed by atoms with Gasteiger partial charge in [-0.15, -0.1) is 0 Å². The highest BCUT2D eigenvalue weighted by Crippen LogP contribution is 2.39. The van der Waals surface area contributed by atoms with Crippen molar-refractivity contribution in [3.63, 3.8) is 0 Å². The van der Waals surface area contributed by atoms with Crippen molar-refractivity contribution in [1.29, 1.82) is 0 Å². The van der Waals surface area contributed by atoms with Crippen molar-refractivity contribution in [3.8, 4) is 5.75 Å². The summed E-state index contributed by atoms with van der Waals surface area (Å²) in [5.74, 6) is 0.0356. The fourth-order valence-electron chi connectivity index (χ4n) is 4.60. The number of hydrogen-bond acceptors (Lipinski definition) is 4. The Kier molecular flexibility index (Phi) is 7.91. The smallest absolute Gasteiger partial charge is 0.261 e. The van der Waals surface area contributed by atoms with Crippen LogP contribution in [-0.2, 0) is 22.6 Å². The number of benzene rings is 2. The van der Waals surface area contributed by atoms with Crippen molar-refractivity contribution in [2.24, 2.45) is 5.41 Å². The first kappa shape index (κ1) is 26.3. The first-order valence-electron chi connectivity index (χ1n) is 12.7. The molecule has 1 aromatic heterocycles. The number of nitrogens with one attached hydrogen (secondary N) is 1. The van der Waals surface area contributed by atoms with E-state index >= 15 is 0 Å². The van der Waals surface area contributed by atoms with E-state index in [0.29, 0.717) is 31.7 Å². The van der Waals surface area contributed by atoms with E-state index in [-0.39, 0.29) is 23.7 Å². The van der Waals surface area contributed by atoms with E-state index < -0.39 is 11.5 Å². The molecular formula is C30H34FN3O3. The molecule has 0 saturated heterocycles. The van der Waals surface area contributed by atoms with Crippen LogP contribution < -0.4 is 10.1 Å². The van der Waals surface area contributed by atoms with Crippen molar-refractivity contribution < 1.29 is 18.7 Å². The maximum absolute atomic E-state index is 13.7.